The maximum absolute atomic E-state index is 12.6. The number of halogens is 1. The Labute approximate surface area is 165 Å². The highest BCUT2D eigenvalue weighted by molar-refractivity contribution is 7.89. The van der Waals surface area contributed by atoms with E-state index in [-0.39, 0.29) is 16.8 Å². The number of benzene rings is 2. The Morgan fingerprint density at radius 1 is 1.07 bits per heavy atom. The zero-order chi connectivity index (χ0) is 19.6. The topological polar surface area (TPSA) is 66.5 Å². The fourth-order valence-corrected chi connectivity index (χ4v) is 4.78. The molecule has 0 saturated carbocycles. The van der Waals surface area contributed by atoms with Crippen LogP contribution in [0.3, 0.4) is 0 Å². The molecule has 0 radical (unpaired) electrons. The number of carbonyl (C=O) groups excluding carboxylic acids is 1. The molecule has 0 unspecified atom stereocenters. The third kappa shape index (κ3) is 4.51. The monoisotopic (exact) mass is 406 g/mol. The van der Waals surface area contributed by atoms with Gasteiger partial charge in [-0.2, -0.15) is 0 Å². The molecule has 1 fully saturated rings. The second-order valence-corrected chi connectivity index (χ2v) is 9.03. The molecule has 1 heterocycles. The van der Waals surface area contributed by atoms with E-state index in [2.05, 4.69) is 4.72 Å². The van der Waals surface area contributed by atoms with E-state index in [1.165, 1.54) is 0 Å². The molecule has 0 aliphatic carbocycles. The molecule has 1 amide bonds. The number of sulfonamides is 1. The Balaban J connectivity index is 1.63. The minimum Gasteiger partial charge on any atom is -0.338 e. The molecule has 2 aromatic carbocycles. The Hall–Kier alpha value is -1.89. The molecule has 27 heavy (non-hydrogen) atoms. The lowest BCUT2D eigenvalue weighted by atomic mass is 10.0. The summed E-state index contributed by atoms with van der Waals surface area (Å²) in [6.07, 6.45) is 1.14. The molecule has 1 saturated heterocycles. The Kier molecular flexibility index (Phi) is 5.89. The van der Waals surface area contributed by atoms with Crippen LogP contribution in [0.2, 0.25) is 5.02 Å². The van der Waals surface area contributed by atoms with Gasteiger partial charge in [0.05, 0.1) is 15.5 Å². The summed E-state index contributed by atoms with van der Waals surface area (Å²) in [5.41, 5.74) is 2.48. The van der Waals surface area contributed by atoms with Gasteiger partial charge in [-0.3, -0.25) is 4.79 Å². The van der Waals surface area contributed by atoms with Crippen LogP contribution >= 0.6 is 11.6 Å². The van der Waals surface area contributed by atoms with E-state index < -0.39 is 10.0 Å². The first-order chi connectivity index (χ1) is 12.8. The fourth-order valence-electron chi connectivity index (χ4n) is 3.17. The highest BCUT2D eigenvalue weighted by Crippen LogP contribution is 2.21. The second kappa shape index (κ2) is 8.00. The number of amides is 1. The van der Waals surface area contributed by atoms with Gasteiger partial charge in [-0.1, -0.05) is 29.8 Å². The number of aryl methyl sites for hydroxylation is 2. The number of piperidine rings is 1. The first-order valence-electron chi connectivity index (χ1n) is 8.91. The Bertz CT molecular complexity index is 951. The van der Waals surface area contributed by atoms with Crippen LogP contribution in [0.4, 0.5) is 0 Å². The lowest BCUT2D eigenvalue weighted by molar-refractivity contribution is 0.0711. The van der Waals surface area contributed by atoms with Gasteiger partial charge in [0.15, 0.2) is 0 Å². The normalized spacial score (nSPS) is 15.7. The second-order valence-electron chi connectivity index (χ2n) is 6.91. The van der Waals surface area contributed by atoms with Gasteiger partial charge in [0.1, 0.15) is 0 Å². The third-order valence-electron chi connectivity index (χ3n) is 5.00. The standard InChI is InChI=1S/C20H23ClN2O3S/c1-14-7-8-17(13-15(14)2)27(25,26)22-16-9-11-23(12-10-16)20(24)18-5-3-4-6-19(18)21/h3-8,13,16,22H,9-12H2,1-2H3. The fraction of sp³-hybridized carbons (Fsp3) is 0.350. The quantitative estimate of drug-likeness (QED) is 0.844. The van der Waals surface area contributed by atoms with Gasteiger partial charge in [-0.25, -0.2) is 13.1 Å². The predicted molar refractivity (Wildman–Crippen MR) is 107 cm³/mol. The van der Waals surface area contributed by atoms with E-state index in [1.807, 2.05) is 19.9 Å². The molecule has 3 rings (SSSR count). The summed E-state index contributed by atoms with van der Waals surface area (Å²) in [4.78, 5) is 14.6. The summed E-state index contributed by atoms with van der Waals surface area (Å²) < 4.78 is 28.0. The average molecular weight is 407 g/mol. The largest absolute Gasteiger partial charge is 0.338 e. The summed E-state index contributed by atoms with van der Waals surface area (Å²) in [6, 6.07) is 11.9. The van der Waals surface area contributed by atoms with E-state index >= 15 is 0 Å². The number of hydrogen-bond donors (Lipinski definition) is 1. The Morgan fingerprint density at radius 2 is 1.74 bits per heavy atom. The number of rotatable bonds is 4. The van der Waals surface area contributed by atoms with Gasteiger partial charge >= 0.3 is 0 Å². The summed E-state index contributed by atoms with van der Waals surface area (Å²) in [5.74, 6) is -0.115. The highest BCUT2D eigenvalue weighted by atomic mass is 35.5. The van der Waals surface area contributed by atoms with Gasteiger partial charge in [0.2, 0.25) is 10.0 Å². The number of hydrogen-bond acceptors (Lipinski definition) is 3. The molecule has 1 N–H and O–H groups in total. The van der Waals surface area contributed by atoms with Crippen molar-refractivity contribution in [1.29, 1.82) is 0 Å². The van der Waals surface area contributed by atoms with Crippen LogP contribution in [0.5, 0.6) is 0 Å². The Morgan fingerprint density at radius 3 is 2.37 bits per heavy atom. The van der Waals surface area contributed by atoms with Crippen molar-refractivity contribution >= 4 is 27.5 Å². The van der Waals surface area contributed by atoms with E-state index in [1.54, 1.807) is 41.3 Å². The van der Waals surface area contributed by atoms with Crippen molar-refractivity contribution in [3.63, 3.8) is 0 Å². The van der Waals surface area contributed by atoms with Crippen LogP contribution in [0.1, 0.15) is 34.3 Å². The van der Waals surface area contributed by atoms with Crippen molar-refractivity contribution in [3.8, 4) is 0 Å². The lowest BCUT2D eigenvalue weighted by Gasteiger charge is -2.32. The SMILES string of the molecule is Cc1ccc(S(=O)(=O)NC2CCN(C(=O)c3ccccc3Cl)CC2)cc1C. The lowest BCUT2D eigenvalue weighted by Crippen LogP contribution is -2.46. The van der Waals surface area contributed by atoms with E-state index in [4.69, 9.17) is 11.6 Å². The molecule has 7 heteroatoms. The summed E-state index contributed by atoms with van der Waals surface area (Å²) in [6.45, 7) is 4.83. The zero-order valence-electron chi connectivity index (χ0n) is 15.4. The van der Waals surface area contributed by atoms with Crippen LogP contribution in [0.25, 0.3) is 0 Å². The predicted octanol–water partition coefficient (Wildman–Crippen LogP) is 3.54. The van der Waals surface area contributed by atoms with Crippen molar-refractivity contribution in [2.24, 2.45) is 0 Å². The van der Waals surface area contributed by atoms with Crippen LogP contribution in [-0.4, -0.2) is 38.4 Å². The maximum Gasteiger partial charge on any atom is 0.255 e. The number of nitrogens with one attached hydrogen (secondary N) is 1. The first-order valence-corrected chi connectivity index (χ1v) is 10.8. The molecule has 144 valence electrons. The third-order valence-corrected chi connectivity index (χ3v) is 6.84. The molecule has 5 nitrogen and oxygen atoms in total. The molecule has 0 atom stereocenters. The van der Waals surface area contributed by atoms with Gasteiger partial charge in [0.25, 0.3) is 5.91 Å². The van der Waals surface area contributed by atoms with Crippen LogP contribution in [-0.2, 0) is 10.0 Å². The number of likely N-dealkylation sites (tertiary alicyclic amines) is 1. The smallest absolute Gasteiger partial charge is 0.255 e. The van der Waals surface area contributed by atoms with Gasteiger partial charge < -0.3 is 4.90 Å². The minimum atomic E-state index is -3.57. The van der Waals surface area contributed by atoms with Crippen molar-refractivity contribution in [3.05, 3.63) is 64.2 Å². The van der Waals surface area contributed by atoms with Gasteiger partial charge in [-0.05, 0) is 62.1 Å². The molecular formula is C20H23ClN2O3S. The first kappa shape index (κ1) is 19.9. The zero-order valence-corrected chi connectivity index (χ0v) is 17.0. The van der Waals surface area contributed by atoms with Crippen molar-refractivity contribution < 1.29 is 13.2 Å². The molecular weight excluding hydrogens is 384 g/mol. The minimum absolute atomic E-state index is 0.115. The summed E-state index contributed by atoms with van der Waals surface area (Å²) in [7, 11) is -3.57. The maximum atomic E-state index is 12.6. The van der Waals surface area contributed by atoms with Crippen molar-refractivity contribution in [1.82, 2.24) is 9.62 Å². The van der Waals surface area contributed by atoms with Crippen LogP contribution in [0.15, 0.2) is 47.4 Å². The van der Waals surface area contributed by atoms with E-state index in [0.717, 1.165) is 11.1 Å². The molecule has 1 aliphatic heterocycles. The van der Waals surface area contributed by atoms with Crippen molar-refractivity contribution in [2.45, 2.75) is 37.6 Å². The van der Waals surface area contributed by atoms with E-state index in [0.29, 0.717) is 36.5 Å². The van der Waals surface area contributed by atoms with Crippen LogP contribution < -0.4 is 4.72 Å². The average Bonchev–Trinajstić information content (AvgIpc) is 2.64. The van der Waals surface area contributed by atoms with E-state index in [9.17, 15) is 13.2 Å². The number of nitrogens with zero attached hydrogens (tertiary/aromatic N) is 1. The van der Waals surface area contributed by atoms with Crippen LogP contribution in [0, 0.1) is 13.8 Å². The number of carbonyl (C=O) groups is 1. The van der Waals surface area contributed by atoms with Crippen molar-refractivity contribution in [2.75, 3.05) is 13.1 Å². The molecule has 0 bridgehead atoms. The molecule has 2 aromatic rings. The van der Waals surface area contributed by atoms with Gasteiger partial charge in [0, 0.05) is 19.1 Å². The van der Waals surface area contributed by atoms with Gasteiger partial charge in [-0.15, -0.1) is 0 Å². The highest BCUT2D eigenvalue weighted by Gasteiger charge is 2.28. The summed E-state index contributed by atoms with van der Waals surface area (Å²) >= 11 is 6.11. The molecule has 0 aromatic heterocycles. The molecule has 1 aliphatic rings. The summed E-state index contributed by atoms with van der Waals surface area (Å²) in [5, 5.41) is 0.431. The molecule has 0 spiro atoms.